The lowest BCUT2D eigenvalue weighted by molar-refractivity contribution is -0.00667. The fourth-order valence-corrected chi connectivity index (χ4v) is 3.78. The van der Waals surface area contributed by atoms with Crippen LogP contribution in [0.4, 0.5) is 10.5 Å². The molecule has 0 bridgehead atoms. The number of rotatable bonds is 2. The van der Waals surface area contributed by atoms with Crippen LogP contribution in [0.2, 0.25) is 0 Å². The molecule has 2 N–H and O–H groups in total. The highest BCUT2D eigenvalue weighted by Gasteiger charge is 2.69. The van der Waals surface area contributed by atoms with Crippen molar-refractivity contribution in [3.8, 4) is 0 Å². The maximum Gasteiger partial charge on any atom is 0.319 e. The number of hydrogen-bond donors (Lipinski definition) is 2. The Morgan fingerprint density at radius 1 is 1.43 bits per heavy atom. The molecule has 1 aromatic heterocycles. The highest BCUT2D eigenvalue weighted by molar-refractivity contribution is 5.93. The largest absolute Gasteiger partial charge is 0.373 e. The van der Waals surface area contributed by atoms with E-state index in [0.29, 0.717) is 5.92 Å². The fourth-order valence-electron chi connectivity index (χ4n) is 3.78. The van der Waals surface area contributed by atoms with Gasteiger partial charge in [0.05, 0.1) is 23.3 Å². The Kier molecular flexibility index (Phi) is 2.82. The molecule has 4 rings (SSSR count). The number of benzene rings is 1. The number of carbonyl (C=O) groups excluding carboxylic acids is 1. The Morgan fingerprint density at radius 2 is 2.22 bits per heavy atom. The maximum atomic E-state index is 12.4. The van der Waals surface area contributed by atoms with Gasteiger partial charge in [-0.25, -0.2) is 4.79 Å². The van der Waals surface area contributed by atoms with E-state index in [9.17, 15) is 4.79 Å². The summed E-state index contributed by atoms with van der Waals surface area (Å²) in [7, 11) is 1.92. The van der Waals surface area contributed by atoms with E-state index in [1.165, 1.54) is 0 Å². The van der Waals surface area contributed by atoms with E-state index in [2.05, 4.69) is 15.7 Å². The molecule has 2 atom stereocenters. The Bertz CT molecular complexity index is 810. The summed E-state index contributed by atoms with van der Waals surface area (Å²) in [5, 5.41) is 11.6. The van der Waals surface area contributed by atoms with Gasteiger partial charge >= 0.3 is 6.03 Å². The number of nitrogens with one attached hydrogen (secondary N) is 2. The van der Waals surface area contributed by atoms with Gasteiger partial charge in [-0.15, -0.1) is 0 Å². The first-order valence-electron chi connectivity index (χ1n) is 7.99. The third-order valence-corrected chi connectivity index (χ3v) is 5.55. The minimum Gasteiger partial charge on any atom is -0.373 e. The standard InChI is InChI=1S/C17H22N4O2/c1-10-13-6-5-12(7-14(13)20-21(10)4)18-15(22)19-17-8-11(17)9-23-16(17,2)3/h5-7,11H,8-9H2,1-4H3,(H2,18,19,22). The zero-order valence-electron chi connectivity index (χ0n) is 13.9. The summed E-state index contributed by atoms with van der Waals surface area (Å²) < 4.78 is 7.62. The van der Waals surface area contributed by atoms with Crippen LogP contribution in [0.1, 0.15) is 26.0 Å². The first-order valence-corrected chi connectivity index (χ1v) is 7.99. The Balaban J connectivity index is 1.51. The number of fused-ring (bicyclic) bond motifs is 2. The molecule has 0 spiro atoms. The predicted octanol–water partition coefficient (Wildman–Crippen LogP) is 2.57. The van der Waals surface area contributed by atoms with Crippen LogP contribution in [-0.4, -0.2) is 33.6 Å². The van der Waals surface area contributed by atoms with Gasteiger partial charge in [-0.05, 0) is 45.4 Å². The summed E-state index contributed by atoms with van der Waals surface area (Å²) in [5.41, 5.74) is 2.22. The van der Waals surface area contributed by atoms with E-state index in [4.69, 9.17) is 4.74 Å². The minimum atomic E-state index is -0.308. The second kappa shape index (κ2) is 4.47. The number of urea groups is 1. The van der Waals surface area contributed by atoms with Crippen molar-refractivity contribution < 1.29 is 9.53 Å². The van der Waals surface area contributed by atoms with E-state index in [1.54, 1.807) is 0 Å². The molecule has 0 radical (unpaired) electrons. The molecule has 2 heterocycles. The van der Waals surface area contributed by atoms with Crippen molar-refractivity contribution in [2.75, 3.05) is 11.9 Å². The second-order valence-corrected chi connectivity index (χ2v) is 7.21. The van der Waals surface area contributed by atoms with Gasteiger partial charge in [-0.3, -0.25) is 4.68 Å². The lowest BCUT2D eigenvalue weighted by atomic mass is 9.96. The number of ether oxygens (including phenoxy) is 1. The molecule has 2 aliphatic rings. The topological polar surface area (TPSA) is 68.2 Å². The molecule has 1 aromatic carbocycles. The van der Waals surface area contributed by atoms with Gasteiger partial charge in [0, 0.05) is 29.7 Å². The predicted molar refractivity (Wildman–Crippen MR) is 88.5 cm³/mol. The molecule has 1 saturated carbocycles. The highest BCUT2D eigenvalue weighted by Crippen LogP contribution is 2.57. The van der Waals surface area contributed by atoms with Gasteiger partial charge in [0.15, 0.2) is 0 Å². The minimum absolute atomic E-state index is 0.182. The van der Waals surface area contributed by atoms with Crippen LogP contribution in [0, 0.1) is 12.8 Å². The van der Waals surface area contributed by atoms with E-state index in [-0.39, 0.29) is 17.2 Å². The second-order valence-electron chi connectivity index (χ2n) is 7.21. The maximum absolute atomic E-state index is 12.4. The number of aryl methyl sites for hydroxylation is 2. The summed E-state index contributed by atoms with van der Waals surface area (Å²) in [4.78, 5) is 12.4. The lowest BCUT2D eigenvalue weighted by Crippen LogP contribution is -2.52. The summed E-state index contributed by atoms with van der Waals surface area (Å²) in [6.45, 7) is 6.85. The molecule has 1 aliphatic carbocycles. The number of aromatic nitrogens is 2. The van der Waals surface area contributed by atoms with Crippen LogP contribution in [0.15, 0.2) is 18.2 Å². The Morgan fingerprint density at radius 3 is 2.87 bits per heavy atom. The first kappa shape index (κ1) is 14.5. The third-order valence-electron chi connectivity index (χ3n) is 5.55. The van der Waals surface area contributed by atoms with E-state index >= 15 is 0 Å². The van der Waals surface area contributed by atoms with Crippen molar-refractivity contribution in [3.63, 3.8) is 0 Å². The molecule has 23 heavy (non-hydrogen) atoms. The van der Waals surface area contributed by atoms with E-state index < -0.39 is 0 Å². The van der Waals surface area contributed by atoms with Gasteiger partial charge in [0.2, 0.25) is 0 Å². The van der Waals surface area contributed by atoms with Gasteiger partial charge in [0.25, 0.3) is 0 Å². The number of anilines is 1. The van der Waals surface area contributed by atoms with Gasteiger partial charge in [-0.1, -0.05) is 0 Å². The molecule has 6 nitrogen and oxygen atoms in total. The van der Waals surface area contributed by atoms with Crippen LogP contribution < -0.4 is 10.6 Å². The van der Waals surface area contributed by atoms with Gasteiger partial charge < -0.3 is 15.4 Å². The quantitative estimate of drug-likeness (QED) is 0.895. The SMILES string of the molecule is Cc1c2ccc(NC(=O)NC34CC3COC4(C)C)cc2nn1C. The lowest BCUT2D eigenvalue weighted by Gasteiger charge is -2.31. The molecule has 6 heteroatoms. The van der Waals surface area contributed by atoms with Crippen molar-refractivity contribution in [1.82, 2.24) is 15.1 Å². The molecule has 1 saturated heterocycles. The third kappa shape index (κ3) is 2.05. The smallest absolute Gasteiger partial charge is 0.319 e. The first-order chi connectivity index (χ1) is 10.8. The summed E-state index contributed by atoms with van der Waals surface area (Å²) in [5.74, 6) is 0.434. The normalized spacial score (nSPS) is 27.7. The van der Waals surface area contributed by atoms with Crippen molar-refractivity contribution in [2.45, 2.75) is 38.3 Å². The van der Waals surface area contributed by atoms with Crippen LogP contribution in [-0.2, 0) is 11.8 Å². The van der Waals surface area contributed by atoms with Crippen molar-refractivity contribution in [3.05, 3.63) is 23.9 Å². The Labute approximate surface area is 135 Å². The zero-order valence-corrected chi connectivity index (χ0v) is 13.9. The molecule has 1 aliphatic heterocycles. The van der Waals surface area contributed by atoms with Crippen LogP contribution in [0.5, 0.6) is 0 Å². The summed E-state index contributed by atoms with van der Waals surface area (Å²) >= 11 is 0. The number of nitrogens with zero attached hydrogens (tertiary/aromatic N) is 2. The Hall–Kier alpha value is -2.08. The fraction of sp³-hybridized carbons (Fsp3) is 0.529. The number of hydrogen-bond acceptors (Lipinski definition) is 3. The monoisotopic (exact) mass is 314 g/mol. The number of carbonyl (C=O) groups is 1. The zero-order chi connectivity index (χ0) is 16.4. The summed E-state index contributed by atoms with van der Waals surface area (Å²) in [6, 6.07) is 5.63. The van der Waals surface area contributed by atoms with Crippen LogP contribution in [0.25, 0.3) is 10.9 Å². The molecule has 2 unspecified atom stereocenters. The number of amides is 2. The van der Waals surface area contributed by atoms with E-state index in [0.717, 1.165) is 35.3 Å². The summed E-state index contributed by atoms with van der Waals surface area (Å²) in [6.07, 6.45) is 0.992. The van der Waals surface area contributed by atoms with E-state index in [1.807, 2.05) is 50.7 Å². The van der Waals surface area contributed by atoms with Crippen molar-refractivity contribution in [1.29, 1.82) is 0 Å². The van der Waals surface area contributed by atoms with Crippen molar-refractivity contribution in [2.24, 2.45) is 13.0 Å². The van der Waals surface area contributed by atoms with Crippen LogP contribution >= 0.6 is 0 Å². The van der Waals surface area contributed by atoms with Crippen molar-refractivity contribution >= 4 is 22.6 Å². The molecule has 2 amide bonds. The van der Waals surface area contributed by atoms with Gasteiger partial charge in [0.1, 0.15) is 0 Å². The highest BCUT2D eigenvalue weighted by atomic mass is 16.5. The molecular formula is C17H22N4O2. The average Bonchev–Trinajstić information content (AvgIpc) is 3.04. The molecule has 2 fully saturated rings. The van der Waals surface area contributed by atoms with Crippen LogP contribution in [0.3, 0.4) is 0 Å². The molecule has 122 valence electrons. The van der Waals surface area contributed by atoms with Gasteiger partial charge in [-0.2, -0.15) is 5.10 Å². The average molecular weight is 314 g/mol. The molecular weight excluding hydrogens is 292 g/mol. The molecule has 2 aromatic rings.